The number of carbonyl (C=O) groups excluding carboxylic acids is 2. The zero-order valence-corrected chi connectivity index (χ0v) is 15.9. The average Bonchev–Trinajstić information content (AvgIpc) is 2.74. The zero-order valence-electron chi connectivity index (χ0n) is 15.1. The fraction of sp³-hybridized carbons (Fsp3) is 0.250. The summed E-state index contributed by atoms with van der Waals surface area (Å²) >= 11 is 6.28. The van der Waals surface area contributed by atoms with Crippen molar-refractivity contribution in [1.29, 1.82) is 0 Å². The van der Waals surface area contributed by atoms with Gasteiger partial charge in [-0.05, 0) is 42.7 Å². The average molecular weight is 401 g/mol. The molecular formula is C20H21ClN4O3. The Labute approximate surface area is 168 Å². The molecule has 1 aromatic heterocycles. The van der Waals surface area contributed by atoms with Crippen LogP contribution in [0, 0.1) is 0 Å². The Bertz CT molecular complexity index is 865. The molecule has 2 heterocycles. The lowest BCUT2D eigenvalue weighted by molar-refractivity contribution is -0.124. The van der Waals surface area contributed by atoms with E-state index in [4.69, 9.17) is 16.8 Å². The van der Waals surface area contributed by atoms with E-state index in [0.717, 1.165) is 12.8 Å². The zero-order chi connectivity index (χ0) is 19.9. The van der Waals surface area contributed by atoms with Crippen molar-refractivity contribution >= 4 is 35.3 Å². The van der Waals surface area contributed by atoms with Gasteiger partial charge < -0.3 is 10.2 Å². The van der Waals surface area contributed by atoms with Crippen molar-refractivity contribution in [1.82, 2.24) is 15.4 Å². The van der Waals surface area contributed by atoms with Crippen LogP contribution in [0.1, 0.15) is 28.8 Å². The van der Waals surface area contributed by atoms with Gasteiger partial charge in [0.05, 0.1) is 5.02 Å². The van der Waals surface area contributed by atoms with Crippen LogP contribution in [0.25, 0.3) is 6.08 Å². The van der Waals surface area contributed by atoms with Gasteiger partial charge in [-0.1, -0.05) is 29.8 Å². The molecule has 1 saturated heterocycles. The summed E-state index contributed by atoms with van der Waals surface area (Å²) in [6, 6.07) is 11.1. The fourth-order valence-corrected chi connectivity index (χ4v) is 3.27. The van der Waals surface area contributed by atoms with Crippen LogP contribution in [0.2, 0.25) is 5.02 Å². The highest BCUT2D eigenvalue weighted by Gasteiger charge is 2.24. The minimum absolute atomic E-state index is 0.0539. The number of benzene rings is 1. The number of aromatic nitrogens is 1. The summed E-state index contributed by atoms with van der Waals surface area (Å²) in [5.74, 6) is -0.00772. The molecule has 0 radical (unpaired) electrons. The number of likely N-dealkylation sites (tertiary alicyclic amines) is 1. The van der Waals surface area contributed by atoms with E-state index in [0.29, 0.717) is 35.1 Å². The van der Waals surface area contributed by atoms with E-state index in [2.05, 4.69) is 10.3 Å². The topological polar surface area (TPSA) is 94.6 Å². The summed E-state index contributed by atoms with van der Waals surface area (Å²) in [6.45, 7) is 1.33. The molecule has 0 atom stereocenters. The number of carbonyl (C=O) groups is 2. The van der Waals surface area contributed by atoms with Crippen LogP contribution in [-0.2, 0) is 4.79 Å². The molecule has 1 fully saturated rings. The molecule has 2 aromatic rings. The quantitative estimate of drug-likeness (QED) is 0.407. The second-order valence-corrected chi connectivity index (χ2v) is 6.89. The second-order valence-electron chi connectivity index (χ2n) is 6.49. The van der Waals surface area contributed by atoms with Crippen molar-refractivity contribution in [3.05, 3.63) is 64.8 Å². The molecule has 3 N–H and O–H groups in total. The van der Waals surface area contributed by atoms with Crippen molar-refractivity contribution in [2.75, 3.05) is 18.4 Å². The maximum Gasteiger partial charge on any atom is 0.267 e. The maximum atomic E-state index is 12.5. The Morgan fingerprint density at radius 1 is 1.21 bits per heavy atom. The van der Waals surface area contributed by atoms with Gasteiger partial charge in [-0.2, -0.15) is 0 Å². The number of halogens is 1. The first-order valence-electron chi connectivity index (χ1n) is 8.95. The molecule has 146 valence electrons. The summed E-state index contributed by atoms with van der Waals surface area (Å²) in [4.78, 5) is 29.7. The summed E-state index contributed by atoms with van der Waals surface area (Å²) < 4.78 is 0. The largest absolute Gasteiger partial charge is 0.366 e. The number of hydroxylamine groups is 1. The van der Waals surface area contributed by atoms with Gasteiger partial charge >= 0.3 is 0 Å². The molecule has 2 amide bonds. The first kappa shape index (κ1) is 19.9. The number of amides is 2. The monoisotopic (exact) mass is 400 g/mol. The van der Waals surface area contributed by atoms with Crippen molar-refractivity contribution in [2.24, 2.45) is 0 Å². The molecule has 0 spiro atoms. The van der Waals surface area contributed by atoms with Crippen LogP contribution in [-0.4, -0.2) is 46.0 Å². The van der Waals surface area contributed by atoms with Crippen LogP contribution >= 0.6 is 11.6 Å². The standard InChI is InChI=1S/C20H21ClN4O3/c21-17-12-14(6-7-18(26)24-28)13-22-19(17)23-16-8-10-25(11-9-16)20(27)15-4-2-1-3-5-15/h1-7,12-13,16,28H,8-11H2,(H,22,23)(H,24,26)/b7-6+. The number of pyridine rings is 1. The number of hydrogen-bond donors (Lipinski definition) is 3. The van der Waals surface area contributed by atoms with Gasteiger partial charge in [-0.25, -0.2) is 10.5 Å². The molecule has 0 saturated carbocycles. The first-order chi connectivity index (χ1) is 13.6. The van der Waals surface area contributed by atoms with E-state index >= 15 is 0 Å². The fourth-order valence-electron chi connectivity index (χ4n) is 3.04. The van der Waals surface area contributed by atoms with Crippen molar-refractivity contribution < 1.29 is 14.8 Å². The summed E-state index contributed by atoms with van der Waals surface area (Å²) in [6.07, 6.45) is 5.87. The highest BCUT2D eigenvalue weighted by molar-refractivity contribution is 6.33. The maximum absolute atomic E-state index is 12.5. The van der Waals surface area contributed by atoms with Crippen molar-refractivity contribution in [3.8, 4) is 0 Å². The SMILES string of the molecule is O=C(/C=C/c1cnc(NC2CCN(C(=O)c3ccccc3)CC2)c(Cl)c1)NO. The lowest BCUT2D eigenvalue weighted by Crippen LogP contribution is -2.42. The number of nitrogens with zero attached hydrogens (tertiary/aromatic N) is 2. The Hall–Kier alpha value is -2.90. The van der Waals surface area contributed by atoms with Crippen molar-refractivity contribution in [2.45, 2.75) is 18.9 Å². The van der Waals surface area contributed by atoms with E-state index in [1.165, 1.54) is 17.6 Å². The van der Waals surface area contributed by atoms with Gasteiger partial charge in [0.1, 0.15) is 5.82 Å². The third kappa shape index (κ3) is 5.09. The first-order valence-corrected chi connectivity index (χ1v) is 9.33. The molecular weight excluding hydrogens is 380 g/mol. The highest BCUT2D eigenvalue weighted by Crippen LogP contribution is 2.24. The third-order valence-corrected chi connectivity index (χ3v) is 4.83. The molecule has 0 unspecified atom stereocenters. The third-order valence-electron chi connectivity index (χ3n) is 4.54. The van der Waals surface area contributed by atoms with E-state index in [9.17, 15) is 9.59 Å². The van der Waals surface area contributed by atoms with Crippen LogP contribution in [0.3, 0.4) is 0 Å². The smallest absolute Gasteiger partial charge is 0.267 e. The Balaban J connectivity index is 1.55. The van der Waals surface area contributed by atoms with Crippen molar-refractivity contribution in [3.63, 3.8) is 0 Å². The van der Waals surface area contributed by atoms with E-state index in [1.807, 2.05) is 35.2 Å². The van der Waals surface area contributed by atoms with Gasteiger partial charge in [0.25, 0.3) is 11.8 Å². The minimum atomic E-state index is -0.630. The van der Waals surface area contributed by atoms with E-state index < -0.39 is 5.91 Å². The number of anilines is 1. The van der Waals surface area contributed by atoms with Gasteiger partial charge in [-0.3, -0.25) is 14.8 Å². The number of piperidine rings is 1. The molecule has 1 aliphatic heterocycles. The molecule has 28 heavy (non-hydrogen) atoms. The van der Waals surface area contributed by atoms with Crippen LogP contribution in [0.5, 0.6) is 0 Å². The van der Waals surface area contributed by atoms with Crippen LogP contribution in [0.15, 0.2) is 48.7 Å². The molecule has 0 aliphatic carbocycles. The lowest BCUT2D eigenvalue weighted by Gasteiger charge is -2.32. The highest BCUT2D eigenvalue weighted by atomic mass is 35.5. The Morgan fingerprint density at radius 2 is 1.93 bits per heavy atom. The van der Waals surface area contributed by atoms with Gasteiger partial charge in [0, 0.05) is 37.0 Å². The summed E-state index contributed by atoms with van der Waals surface area (Å²) in [7, 11) is 0. The predicted molar refractivity (Wildman–Crippen MR) is 107 cm³/mol. The van der Waals surface area contributed by atoms with Gasteiger partial charge in [-0.15, -0.1) is 0 Å². The predicted octanol–water partition coefficient (Wildman–Crippen LogP) is 2.97. The number of nitrogens with one attached hydrogen (secondary N) is 2. The molecule has 1 aliphatic rings. The molecule has 8 heteroatoms. The Morgan fingerprint density at radius 3 is 2.57 bits per heavy atom. The summed E-state index contributed by atoms with van der Waals surface area (Å²) in [5, 5.41) is 12.3. The van der Waals surface area contributed by atoms with E-state index in [-0.39, 0.29) is 11.9 Å². The second kappa shape index (κ2) is 9.34. The molecule has 0 bridgehead atoms. The molecule has 1 aromatic carbocycles. The van der Waals surface area contributed by atoms with Gasteiger partial charge in [0.15, 0.2) is 0 Å². The molecule has 7 nitrogen and oxygen atoms in total. The molecule has 3 rings (SSSR count). The normalized spacial score (nSPS) is 14.9. The number of hydrogen-bond acceptors (Lipinski definition) is 5. The Kier molecular flexibility index (Phi) is 6.62. The lowest BCUT2D eigenvalue weighted by atomic mass is 10.0. The van der Waals surface area contributed by atoms with E-state index in [1.54, 1.807) is 12.3 Å². The minimum Gasteiger partial charge on any atom is -0.366 e. The van der Waals surface area contributed by atoms with Crippen LogP contribution < -0.4 is 10.8 Å². The summed E-state index contributed by atoms with van der Waals surface area (Å²) in [5.41, 5.74) is 2.86. The van der Waals surface area contributed by atoms with Gasteiger partial charge in [0.2, 0.25) is 0 Å². The number of rotatable bonds is 5. The van der Waals surface area contributed by atoms with Crippen LogP contribution in [0.4, 0.5) is 5.82 Å².